The van der Waals surface area contributed by atoms with Crippen molar-refractivity contribution in [3.05, 3.63) is 174 Å². The van der Waals surface area contributed by atoms with Crippen molar-refractivity contribution < 1.29 is 0 Å². The third-order valence-corrected chi connectivity index (χ3v) is 12.1. The van der Waals surface area contributed by atoms with Crippen molar-refractivity contribution in [1.29, 1.82) is 0 Å². The fourth-order valence-electron chi connectivity index (χ4n) is 9.27. The van der Waals surface area contributed by atoms with Gasteiger partial charge < -0.3 is 0 Å². The number of hydrogen-bond donors (Lipinski definition) is 0. The smallest absolute Gasteiger partial charge is 0.164 e. The molecule has 0 saturated heterocycles. The molecule has 11 rings (SSSR count). The Morgan fingerprint density at radius 3 is 1.82 bits per heavy atom. The summed E-state index contributed by atoms with van der Waals surface area (Å²) in [5, 5.41) is 2.37. The molecule has 0 bridgehead atoms. The molecular formula is C50H37N5. The van der Waals surface area contributed by atoms with Crippen LogP contribution < -0.4 is 0 Å². The third kappa shape index (κ3) is 4.59. The average molecular weight is 708 g/mol. The van der Waals surface area contributed by atoms with Gasteiger partial charge >= 0.3 is 0 Å². The van der Waals surface area contributed by atoms with Crippen LogP contribution in [0.1, 0.15) is 49.9 Å². The monoisotopic (exact) mass is 707 g/mol. The van der Waals surface area contributed by atoms with Gasteiger partial charge in [0.1, 0.15) is 5.65 Å². The van der Waals surface area contributed by atoms with E-state index in [4.69, 9.17) is 19.9 Å². The minimum atomic E-state index is -0.209. The van der Waals surface area contributed by atoms with Crippen molar-refractivity contribution in [3.8, 4) is 62.1 Å². The zero-order valence-electron chi connectivity index (χ0n) is 31.2. The average Bonchev–Trinajstić information content (AvgIpc) is 3.77. The minimum Gasteiger partial charge on any atom is -0.294 e. The van der Waals surface area contributed by atoms with E-state index < -0.39 is 0 Å². The number of benzene rings is 6. The molecule has 0 amide bonds. The molecule has 262 valence electrons. The number of para-hydroxylation sites is 1. The first-order chi connectivity index (χ1) is 26.8. The Kier molecular flexibility index (Phi) is 6.58. The summed E-state index contributed by atoms with van der Waals surface area (Å²) in [6.45, 7) is 9.27. The van der Waals surface area contributed by atoms with Gasteiger partial charge in [-0.25, -0.2) is 19.9 Å². The molecule has 3 heterocycles. The lowest BCUT2D eigenvalue weighted by Gasteiger charge is -2.22. The van der Waals surface area contributed by atoms with Crippen molar-refractivity contribution in [3.63, 3.8) is 0 Å². The van der Waals surface area contributed by atoms with Crippen molar-refractivity contribution >= 4 is 21.9 Å². The lowest BCUT2D eigenvalue weighted by molar-refractivity contribution is 0.660. The highest BCUT2D eigenvalue weighted by Crippen LogP contribution is 2.51. The predicted molar refractivity (Wildman–Crippen MR) is 223 cm³/mol. The highest BCUT2D eigenvalue weighted by Gasteiger charge is 2.37. The number of pyridine rings is 1. The summed E-state index contributed by atoms with van der Waals surface area (Å²) < 4.78 is 2.30. The molecule has 0 spiro atoms. The molecule has 3 aromatic heterocycles. The van der Waals surface area contributed by atoms with Crippen molar-refractivity contribution in [2.45, 2.75) is 38.5 Å². The van der Waals surface area contributed by atoms with E-state index >= 15 is 0 Å². The Balaban J connectivity index is 1.05. The van der Waals surface area contributed by atoms with Crippen LogP contribution in [0.3, 0.4) is 0 Å². The lowest BCUT2D eigenvalue weighted by atomic mass is 9.82. The summed E-state index contributed by atoms with van der Waals surface area (Å²) in [5.41, 5.74) is 16.1. The van der Waals surface area contributed by atoms with Gasteiger partial charge in [0.15, 0.2) is 17.5 Å². The second-order valence-electron chi connectivity index (χ2n) is 15.9. The molecule has 0 N–H and O–H groups in total. The van der Waals surface area contributed by atoms with E-state index in [-0.39, 0.29) is 10.8 Å². The van der Waals surface area contributed by atoms with Crippen LogP contribution in [-0.2, 0) is 10.8 Å². The van der Waals surface area contributed by atoms with Gasteiger partial charge in [-0.2, -0.15) is 0 Å². The van der Waals surface area contributed by atoms with E-state index in [0.29, 0.717) is 17.5 Å². The number of fused-ring (bicyclic) bond motifs is 9. The topological polar surface area (TPSA) is 56.5 Å². The summed E-state index contributed by atoms with van der Waals surface area (Å²) >= 11 is 0. The van der Waals surface area contributed by atoms with E-state index in [1.54, 1.807) is 0 Å². The molecule has 0 radical (unpaired) electrons. The Labute approximate surface area is 320 Å². The largest absolute Gasteiger partial charge is 0.294 e. The van der Waals surface area contributed by atoms with E-state index in [1.165, 1.54) is 49.9 Å². The highest BCUT2D eigenvalue weighted by molar-refractivity contribution is 6.07. The summed E-state index contributed by atoms with van der Waals surface area (Å²) in [5.74, 6) is 1.99. The van der Waals surface area contributed by atoms with Crippen LogP contribution in [0, 0.1) is 0 Å². The number of nitrogens with zero attached hydrogens (tertiary/aromatic N) is 5. The Hall–Kier alpha value is -6.72. The summed E-state index contributed by atoms with van der Waals surface area (Å²) in [7, 11) is 0. The zero-order valence-corrected chi connectivity index (χ0v) is 31.2. The van der Waals surface area contributed by atoms with Crippen LogP contribution in [-0.4, -0.2) is 24.5 Å². The van der Waals surface area contributed by atoms with Crippen LogP contribution in [0.5, 0.6) is 0 Å². The molecule has 0 unspecified atom stereocenters. The first kappa shape index (κ1) is 31.8. The first-order valence-corrected chi connectivity index (χ1v) is 19.0. The maximum absolute atomic E-state index is 5.21. The molecule has 0 fully saturated rings. The maximum atomic E-state index is 5.21. The highest BCUT2D eigenvalue weighted by atomic mass is 15.0. The van der Waals surface area contributed by atoms with Gasteiger partial charge in [-0.3, -0.25) is 4.57 Å². The Morgan fingerprint density at radius 1 is 0.418 bits per heavy atom. The second kappa shape index (κ2) is 11.4. The second-order valence-corrected chi connectivity index (χ2v) is 15.9. The molecule has 2 aliphatic carbocycles. The fourth-order valence-corrected chi connectivity index (χ4v) is 9.27. The SMILES string of the molecule is CC1(C)c2ccccc2-c2ccc(-c3nc(-c4ccccc4)nc(-c4ccc5c(c4)-c4ccc(-n6c7ccccc7c7cccnc76)cc4C5(C)C)n3)cc21. The summed E-state index contributed by atoms with van der Waals surface area (Å²) in [6.07, 6.45) is 1.88. The minimum absolute atomic E-state index is 0.127. The van der Waals surface area contributed by atoms with Crippen LogP contribution in [0.2, 0.25) is 0 Å². The molecule has 6 aromatic carbocycles. The van der Waals surface area contributed by atoms with E-state index in [1.807, 2.05) is 30.5 Å². The van der Waals surface area contributed by atoms with Gasteiger partial charge in [0.05, 0.1) is 5.52 Å². The van der Waals surface area contributed by atoms with Gasteiger partial charge in [-0.15, -0.1) is 0 Å². The van der Waals surface area contributed by atoms with Crippen molar-refractivity contribution in [2.24, 2.45) is 0 Å². The molecule has 9 aromatic rings. The van der Waals surface area contributed by atoms with E-state index in [2.05, 4.69) is 154 Å². The van der Waals surface area contributed by atoms with E-state index in [0.717, 1.165) is 38.9 Å². The molecule has 2 aliphatic rings. The lowest BCUT2D eigenvalue weighted by Crippen LogP contribution is -2.15. The van der Waals surface area contributed by atoms with Gasteiger partial charge in [0, 0.05) is 50.2 Å². The maximum Gasteiger partial charge on any atom is 0.164 e. The normalized spacial score (nSPS) is 14.5. The first-order valence-electron chi connectivity index (χ1n) is 19.0. The summed E-state index contributed by atoms with van der Waals surface area (Å²) in [6, 6.07) is 52.0. The van der Waals surface area contributed by atoms with E-state index in [9.17, 15) is 0 Å². The molecule has 0 saturated carbocycles. The van der Waals surface area contributed by atoms with Crippen LogP contribution in [0.15, 0.2) is 152 Å². The van der Waals surface area contributed by atoms with Gasteiger partial charge in [0.2, 0.25) is 0 Å². The number of rotatable bonds is 4. The Bertz CT molecular complexity index is 2990. The molecule has 0 atom stereocenters. The Morgan fingerprint density at radius 2 is 1.00 bits per heavy atom. The molecule has 5 heteroatoms. The summed E-state index contributed by atoms with van der Waals surface area (Å²) in [4.78, 5) is 20.3. The van der Waals surface area contributed by atoms with Gasteiger partial charge in [-0.1, -0.05) is 131 Å². The number of hydrogen-bond acceptors (Lipinski definition) is 4. The molecule has 55 heavy (non-hydrogen) atoms. The molecule has 5 nitrogen and oxygen atoms in total. The predicted octanol–water partition coefficient (Wildman–Crippen LogP) is 12.0. The van der Waals surface area contributed by atoms with Crippen molar-refractivity contribution in [2.75, 3.05) is 0 Å². The molecular weight excluding hydrogens is 671 g/mol. The standard InChI is InChI=1S/C50H37N5/c1-49(2)40-18-10-8-15-34(40)35-23-20-32(28-42(35)49)47-53-45(30-13-6-5-7-14-30)52-46(54-47)31-21-25-41-39(27-31)36-24-22-33(29-43(36)50(41,3)4)55-44-19-11-9-16-37(44)38-17-12-26-51-48(38)55/h5-29H,1-4H3. The van der Waals surface area contributed by atoms with Crippen molar-refractivity contribution in [1.82, 2.24) is 24.5 Å². The third-order valence-electron chi connectivity index (χ3n) is 12.1. The van der Waals surface area contributed by atoms with Crippen LogP contribution >= 0.6 is 0 Å². The van der Waals surface area contributed by atoms with Crippen LogP contribution in [0.4, 0.5) is 0 Å². The number of aromatic nitrogens is 5. The molecule has 0 aliphatic heterocycles. The fraction of sp³-hybridized carbons (Fsp3) is 0.120. The van der Waals surface area contributed by atoms with Crippen LogP contribution in [0.25, 0.3) is 84.0 Å². The van der Waals surface area contributed by atoms with Gasteiger partial charge in [-0.05, 0) is 87.0 Å². The zero-order chi connectivity index (χ0) is 37.1. The van der Waals surface area contributed by atoms with Gasteiger partial charge in [0.25, 0.3) is 0 Å². The quantitative estimate of drug-likeness (QED) is 0.183.